The van der Waals surface area contributed by atoms with Crippen LogP contribution >= 0.6 is 0 Å². The number of ether oxygens (including phenoxy) is 4. The van der Waals surface area contributed by atoms with Gasteiger partial charge in [-0.1, -0.05) is 24.3 Å². The van der Waals surface area contributed by atoms with Gasteiger partial charge in [0.2, 0.25) is 5.91 Å². The van der Waals surface area contributed by atoms with E-state index in [1.54, 1.807) is 7.11 Å². The lowest BCUT2D eigenvalue weighted by molar-refractivity contribution is -0.117. The highest BCUT2D eigenvalue weighted by molar-refractivity contribution is 5.97. The van der Waals surface area contributed by atoms with Crippen molar-refractivity contribution >= 4 is 22.6 Å². The van der Waals surface area contributed by atoms with Gasteiger partial charge in [0.15, 0.2) is 23.0 Å². The minimum Gasteiger partial charge on any atom is -0.493 e. The van der Waals surface area contributed by atoms with Crippen LogP contribution in [-0.2, 0) is 11.3 Å². The highest BCUT2D eigenvalue weighted by Crippen LogP contribution is 2.38. The van der Waals surface area contributed by atoms with E-state index in [0.29, 0.717) is 38.5 Å². The molecule has 1 fully saturated rings. The summed E-state index contributed by atoms with van der Waals surface area (Å²) < 4.78 is 25.0. The average molecular weight is 500 g/mol. The van der Waals surface area contributed by atoms with Crippen molar-refractivity contribution in [1.29, 1.82) is 0 Å². The highest BCUT2D eigenvalue weighted by Gasteiger charge is 2.35. The Kier molecular flexibility index (Phi) is 6.30. The minimum atomic E-state index is -0.0109. The zero-order valence-corrected chi connectivity index (χ0v) is 20.8. The summed E-state index contributed by atoms with van der Waals surface area (Å²) in [6.45, 7) is 2.90. The third-order valence-corrected chi connectivity index (χ3v) is 6.86. The van der Waals surface area contributed by atoms with Crippen LogP contribution in [0.1, 0.15) is 24.6 Å². The summed E-state index contributed by atoms with van der Waals surface area (Å²) in [4.78, 5) is 19.9. The fraction of sp³-hybridized carbons (Fsp3) is 0.310. The molecule has 4 aromatic rings. The maximum absolute atomic E-state index is 13.1. The van der Waals surface area contributed by atoms with Gasteiger partial charge in [0.05, 0.1) is 24.8 Å². The average Bonchev–Trinajstić information content (AvgIpc) is 3.51. The standard InChI is InChI=1S/C29H29N3O5/c1-34-24-9-4-5-10-25(24)35-14-6-13-31-23-8-3-2-7-22(23)30-29(31)20-17-28(33)32(19-20)21-11-12-26-27(18-21)37-16-15-36-26/h2-5,7-12,18,20H,6,13-17,19H2,1H3. The number of amides is 1. The Bertz CT molecular complexity index is 1430. The molecule has 8 heteroatoms. The van der Waals surface area contributed by atoms with Crippen LogP contribution in [-0.4, -0.2) is 48.9 Å². The zero-order chi connectivity index (χ0) is 25.2. The molecule has 1 saturated heterocycles. The Labute approximate surface area is 215 Å². The van der Waals surface area contributed by atoms with E-state index in [0.717, 1.165) is 52.8 Å². The Balaban J connectivity index is 1.20. The molecule has 6 rings (SSSR count). The number of hydrogen-bond donors (Lipinski definition) is 0. The second-order valence-electron chi connectivity index (χ2n) is 9.20. The monoisotopic (exact) mass is 499 g/mol. The predicted octanol–water partition coefficient (Wildman–Crippen LogP) is 4.81. The Morgan fingerprint density at radius 3 is 2.62 bits per heavy atom. The number of benzene rings is 3. The smallest absolute Gasteiger partial charge is 0.227 e. The summed E-state index contributed by atoms with van der Waals surface area (Å²) in [6, 6.07) is 21.5. The third kappa shape index (κ3) is 4.55. The minimum absolute atomic E-state index is 0.0109. The number of carbonyl (C=O) groups excluding carboxylic acids is 1. The van der Waals surface area contributed by atoms with Gasteiger partial charge in [0.1, 0.15) is 19.0 Å². The first-order chi connectivity index (χ1) is 18.2. The van der Waals surface area contributed by atoms with E-state index >= 15 is 0 Å². The first-order valence-electron chi connectivity index (χ1n) is 12.6. The molecular formula is C29H29N3O5. The molecule has 1 unspecified atom stereocenters. The molecule has 1 aromatic heterocycles. The summed E-state index contributed by atoms with van der Waals surface area (Å²) in [6.07, 6.45) is 1.20. The molecular weight excluding hydrogens is 470 g/mol. The summed E-state index contributed by atoms with van der Waals surface area (Å²) in [5.74, 6) is 3.87. The predicted molar refractivity (Wildman–Crippen MR) is 140 cm³/mol. The van der Waals surface area contributed by atoms with Crippen molar-refractivity contribution in [3.05, 3.63) is 72.6 Å². The summed E-state index contributed by atoms with van der Waals surface area (Å²) in [7, 11) is 1.64. The van der Waals surface area contributed by atoms with Crippen LogP contribution in [0.25, 0.3) is 11.0 Å². The molecule has 0 N–H and O–H groups in total. The summed E-state index contributed by atoms with van der Waals surface area (Å²) in [5, 5.41) is 0. The number of fused-ring (bicyclic) bond motifs is 2. The van der Waals surface area contributed by atoms with E-state index in [-0.39, 0.29) is 11.8 Å². The van der Waals surface area contributed by atoms with E-state index in [2.05, 4.69) is 10.6 Å². The lowest BCUT2D eigenvalue weighted by Gasteiger charge is -2.22. The van der Waals surface area contributed by atoms with Gasteiger partial charge in [-0.25, -0.2) is 4.98 Å². The number of nitrogens with zero attached hydrogens (tertiary/aromatic N) is 3. The van der Waals surface area contributed by atoms with Gasteiger partial charge in [-0.15, -0.1) is 0 Å². The van der Waals surface area contributed by atoms with Crippen molar-refractivity contribution in [2.75, 3.05) is 38.4 Å². The van der Waals surface area contributed by atoms with Gasteiger partial charge < -0.3 is 28.4 Å². The van der Waals surface area contributed by atoms with Crippen LogP contribution < -0.4 is 23.8 Å². The fourth-order valence-electron chi connectivity index (χ4n) is 5.11. The van der Waals surface area contributed by atoms with E-state index < -0.39 is 0 Å². The van der Waals surface area contributed by atoms with Crippen LogP contribution in [0.4, 0.5) is 5.69 Å². The quantitative estimate of drug-likeness (QED) is 0.324. The topological polar surface area (TPSA) is 75.1 Å². The van der Waals surface area contributed by atoms with Crippen molar-refractivity contribution in [3.63, 3.8) is 0 Å². The second-order valence-corrected chi connectivity index (χ2v) is 9.20. The first-order valence-corrected chi connectivity index (χ1v) is 12.6. The molecule has 0 bridgehead atoms. The molecule has 2 aliphatic rings. The number of aryl methyl sites for hydroxylation is 1. The SMILES string of the molecule is COc1ccccc1OCCCn1c(C2CC(=O)N(c3ccc4c(c3)OCCO4)C2)nc2ccccc21. The Hall–Kier alpha value is -4.20. The van der Waals surface area contributed by atoms with Crippen LogP contribution in [0.5, 0.6) is 23.0 Å². The van der Waals surface area contributed by atoms with E-state index in [4.69, 9.17) is 23.9 Å². The van der Waals surface area contributed by atoms with Crippen LogP contribution in [0, 0.1) is 0 Å². The number of anilines is 1. The van der Waals surface area contributed by atoms with E-state index in [1.807, 2.05) is 65.6 Å². The first kappa shape index (κ1) is 23.2. The highest BCUT2D eigenvalue weighted by atomic mass is 16.6. The molecule has 0 spiro atoms. The van der Waals surface area contributed by atoms with Gasteiger partial charge >= 0.3 is 0 Å². The Morgan fingerprint density at radius 1 is 0.973 bits per heavy atom. The molecule has 3 heterocycles. The van der Waals surface area contributed by atoms with Gasteiger partial charge in [0.25, 0.3) is 0 Å². The molecule has 3 aromatic carbocycles. The molecule has 0 radical (unpaired) electrons. The van der Waals surface area contributed by atoms with Crippen molar-refractivity contribution in [2.45, 2.75) is 25.3 Å². The number of hydrogen-bond acceptors (Lipinski definition) is 6. The molecule has 0 aliphatic carbocycles. The molecule has 190 valence electrons. The number of aromatic nitrogens is 2. The normalized spacial score (nSPS) is 16.8. The van der Waals surface area contributed by atoms with Gasteiger partial charge in [-0.2, -0.15) is 0 Å². The third-order valence-electron chi connectivity index (χ3n) is 6.86. The largest absolute Gasteiger partial charge is 0.493 e. The molecule has 37 heavy (non-hydrogen) atoms. The van der Waals surface area contributed by atoms with Crippen LogP contribution in [0.2, 0.25) is 0 Å². The van der Waals surface area contributed by atoms with Gasteiger partial charge in [0, 0.05) is 37.2 Å². The maximum atomic E-state index is 13.1. The molecule has 1 atom stereocenters. The van der Waals surface area contributed by atoms with Crippen molar-refractivity contribution < 1.29 is 23.7 Å². The van der Waals surface area contributed by atoms with Gasteiger partial charge in [-0.05, 0) is 42.8 Å². The van der Waals surface area contributed by atoms with Crippen molar-refractivity contribution in [3.8, 4) is 23.0 Å². The molecule has 0 saturated carbocycles. The number of methoxy groups -OCH3 is 1. The number of carbonyl (C=O) groups is 1. The van der Waals surface area contributed by atoms with E-state index in [9.17, 15) is 4.79 Å². The molecule has 8 nitrogen and oxygen atoms in total. The second kappa shape index (κ2) is 10.0. The summed E-state index contributed by atoms with van der Waals surface area (Å²) >= 11 is 0. The lowest BCUT2D eigenvalue weighted by atomic mass is 10.1. The van der Waals surface area contributed by atoms with E-state index in [1.165, 1.54) is 0 Å². The van der Waals surface area contributed by atoms with Crippen LogP contribution in [0.15, 0.2) is 66.7 Å². The zero-order valence-electron chi connectivity index (χ0n) is 20.8. The van der Waals surface area contributed by atoms with Crippen LogP contribution in [0.3, 0.4) is 0 Å². The number of imidazole rings is 1. The summed E-state index contributed by atoms with van der Waals surface area (Å²) in [5.41, 5.74) is 2.83. The maximum Gasteiger partial charge on any atom is 0.227 e. The Morgan fingerprint density at radius 2 is 1.76 bits per heavy atom. The van der Waals surface area contributed by atoms with Gasteiger partial charge in [-0.3, -0.25) is 4.79 Å². The number of rotatable bonds is 8. The molecule has 1 amide bonds. The fourth-order valence-corrected chi connectivity index (χ4v) is 5.11. The lowest BCUT2D eigenvalue weighted by Crippen LogP contribution is -2.25. The number of para-hydroxylation sites is 4. The van der Waals surface area contributed by atoms with Crippen molar-refractivity contribution in [1.82, 2.24) is 9.55 Å². The van der Waals surface area contributed by atoms with Crippen molar-refractivity contribution in [2.24, 2.45) is 0 Å². The molecule has 2 aliphatic heterocycles.